The third-order valence-corrected chi connectivity index (χ3v) is 4.88. The molecule has 0 unspecified atom stereocenters. The molecule has 2 nitrogen and oxygen atoms in total. The minimum Gasteiger partial charge on any atom is -0.330 e. The van der Waals surface area contributed by atoms with Crippen molar-refractivity contribution in [3.8, 4) is 0 Å². The second kappa shape index (κ2) is 4.67. The van der Waals surface area contributed by atoms with Crippen molar-refractivity contribution in [1.82, 2.24) is 9.55 Å². The third kappa shape index (κ3) is 2.78. The zero-order valence-corrected chi connectivity index (χ0v) is 14.0. The molecule has 0 atom stereocenters. The first-order valence-electron chi connectivity index (χ1n) is 7.57. The zero-order valence-electron chi connectivity index (χ0n) is 13.2. The Morgan fingerprint density at radius 2 is 1.81 bits per heavy atom. The summed E-state index contributed by atoms with van der Waals surface area (Å²) in [4.78, 5) is 3.16. The SMILES string of the molecule is CC1(C)CC(n2c(=S)[nH]c3cc(F)ccc32)CC(C)(C)C1. The minimum atomic E-state index is -0.227. The summed E-state index contributed by atoms with van der Waals surface area (Å²) in [7, 11) is 0. The number of halogens is 1. The second-order valence-electron chi connectivity index (χ2n) is 8.03. The van der Waals surface area contributed by atoms with E-state index in [-0.39, 0.29) is 5.82 Å². The lowest BCUT2D eigenvalue weighted by atomic mass is 9.63. The van der Waals surface area contributed by atoms with Gasteiger partial charge in [-0.25, -0.2) is 4.39 Å². The number of hydrogen-bond acceptors (Lipinski definition) is 1. The van der Waals surface area contributed by atoms with Gasteiger partial charge in [0.15, 0.2) is 4.77 Å². The van der Waals surface area contributed by atoms with E-state index in [9.17, 15) is 4.39 Å². The van der Waals surface area contributed by atoms with Crippen LogP contribution in [0, 0.1) is 21.4 Å². The summed E-state index contributed by atoms with van der Waals surface area (Å²) in [6, 6.07) is 5.25. The molecular weight excluding hydrogens is 283 g/mol. The average Bonchev–Trinajstić information content (AvgIpc) is 2.59. The maximum atomic E-state index is 13.4. The number of fused-ring (bicyclic) bond motifs is 1. The lowest BCUT2D eigenvalue weighted by Crippen LogP contribution is -2.35. The molecule has 4 heteroatoms. The Hall–Kier alpha value is -1.16. The summed E-state index contributed by atoms with van der Waals surface area (Å²) in [6.45, 7) is 9.33. The number of H-pyrrole nitrogens is 1. The molecule has 114 valence electrons. The van der Waals surface area contributed by atoms with Gasteiger partial charge in [0, 0.05) is 6.04 Å². The Morgan fingerprint density at radius 3 is 2.43 bits per heavy atom. The number of aromatic amines is 1. The molecular formula is C17H23FN2S. The highest BCUT2D eigenvalue weighted by molar-refractivity contribution is 7.71. The van der Waals surface area contributed by atoms with Gasteiger partial charge in [-0.2, -0.15) is 0 Å². The second-order valence-corrected chi connectivity index (χ2v) is 8.42. The van der Waals surface area contributed by atoms with Crippen molar-refractivity contribution in [2.24, 2.45) is 10.8 Å². The highest BCUT2D eigenvalue weighted by Gasteiger charge is 2.39. The van der Waals surface area contributed by atoms with Gasteiger partial charge in [0.1, 0.15) is 5.82 Å². The van der Waals surface area contributed by atoms with Crippen LogP contribution in [0.5, 0.6) is 0 Å². The van der Waals surface area contributed by atoms with Crippen molar-refractivity contribution in [1.29, 1.82) is 0 Å². The van der Waals surface area contributed by atoms with Gasteiger partial charge in [-0.1, -0.05) is 27.7 Å². The average molecular weight is 306 g/mol. The van der Waals surface area contributed by atoms with Gasteiger partial charge in [0.2, 0.25) is 0 Å². The van der Waals surface area contributed by atoms with Crippen molar-refractivity contribution >= 4 is 23.3 Å². The maximum absolute atomic E-state index is 13.4. The molecule has 21 heavy (non-hydrogen) atoms. The molecule has 0 bridgehead atoms. The van der Waals surface area contributed by atoms with E-state index >= 15 is 0 Å². The standard InChI is InChI=1S/C17H23FN2S/c1-16(2)8-12(9-17(3,4)10-16)20-14-6-5-11(18)7-13(14)19-15(20)21/h5-7,12H,8-10H2,1-4H3,(H,19,21). The van der Waals surface area contributed by atoms with Crippen LogP contribution in [0.4, 0.5) is 4.39 Å². The van der Waals surface area contributed by atoms with Crippen molar-refractivity contribution in [3.63, 3.8) is 0 Å². The molecule has 1 aromatic heterocycles. The first-order chi connectivity index (χ1) is 9.67. The van der Waals surface area contributed by atoms with E-state index < -0.39 is 0 Å². The van der Waals surface area contributed by atoms with E-state index in [1.165, 1.54) is 18.6 Å². The Balaban J connectivity index is 2.12. The van der Waals surface area contributed by atoms with E-state index in [1.807, 2.05) is 6.07 Å². The summed E-state index contributed by atoms with van der Waals surface area (Å²) < 4.78 is 16.3. The summed E-state index contributed by atoms with van der Waals surface area (Å²) in [5.41, 5.74) is 2.40. The molecule has 0 saturated heterocycles. The Bertz CT molecular complexity index is 723. The fourth-order valence-corrected chi connectivity index (χ4v) is 4.79. The number of nitrogens with zero attached hydrogens (tertiary/aromatic N) is 1. The van der Waals surface area contributed by atoms with E-state index in [4.69, 9.17) is 12.2 Å². The van der Waals surface area contributed by atoms with Gasteiger partial charge < -0.3 is 9.55 Å². The van der Waals surface area contributed by atoms with Gasteiger partial charge in [-0.15, -0.1) is 0 Å². The molecule has 1 saturated carbocycles. The predicted molar refractivity (Wildman–Crippen MR) is 87.5 cm³/mol. The smallest absolute Gasteiger partial charge is 0.178 e. The predicted octanol–water partition coefficient (Wildman–Crippen LogP) is 5.62. The van der Waals surface area contributed by atoms with Crippen LogP contribution in [0.15, 0.2) is 18.2 Å². The van der Waals surface area contributed by atoms with E-state index in [0.717, 1.165) is 23.9 Å². The van der Waals surface area contributed by atoms with E-state index in [2.05, 4.69) is 37.2 Å². The van der Waals surface area contributed by atoms with Crippen LogP contribution in [0.2, 0.25) is 0 Å². The molecule has 1 fully saturated rings. The molecule has 1 heterocycles. The van der Waals surface area contributed by atoms with Crippen molar-refractivity contribution in [2.75, 3.05) is 0 Å². The fourth-order valence-electron chi connectivity index (χ4n) is 4.44. The number of aromatic nitrogens is 2. The quantitative estimate of drug-likeness (QED) is 0.679. The highest BCUT2D eigenvalue weighted by Crippen LogP contribution is 2.50. The van der Waals surface area contributed by atoms with Crippen molar-refractivity contribution < 1.29 is 4.39 Å². The molecule has 3 rings (SSSR count). The first-order valence-corrected chi connectivity index (χ1v) is 7.98. The van der Waals surface area contributed by atoms with Crippen LogP contribution >= 0.6 is 12.2 Å². The highest BCUT2D eigenvalue weighted by atomic mass is 32.1. The lowest BCUT2D eigenvalue weighted by Gasteiger charge is -2.45. The molecule has 1 aromatic carbocycles. The number of rotatable bonds is 1. The fraction of sp³-hybridized carbons (Fsp3) is 0.588. The van der Waals surface area contributed by atoms with Crippen LogP contribution in [0.25, 0.3) is 11.0 Å². The van der Waals surface area contributed by atoms with Crippen LogP contribution in [-0.2, 0) is 0 Å². The van der Waals surface area contributed by atoms with Gasteiger partial charge in [-0.3, -0.25) is 0 Å². The molecule has 2 aromatic rings. The van der Waals surface area contributed by atoms with Crippen LogP contribution < -0.4 is 0 Å². The normalized spacial score (nSPS) is 21.8. The number of imidazole rings is 1. The Morgan fingerprint density at radius 1 is 1.19 bits per heavy atom. The topological polar surface area (TPSA) is 20.7 Å². The largest absolute Gasteiger partial charge is 0.330 e. The van der Waals surface area contributed by atoms with Crippen LogP contribution in [0.3, 0.4) is 0 Å². The number of benzene rings is 1. The summed E-state index contributed by atoms with van der Waals surface area (Å²) >= 11 is 5.51. The molecule has 0 aliphatic heterocycles. The van der Waals surface area contributed by atoms with Crippen LogP contribution in [-0.4, -0.2) is 9.55 Å². The van der Waals surface area contributed by atoms with Gasteiger partial charge in [0.05, 0.1) is 11.0 Å². The lowest BCUT2D eigenvalue weighted by molar-refractivity contribution is 0.0733. The van der Waals surface area contributed by atoms with Crippen molar-refractivity contribution in [3.05, 3.63) is 28.8 Å². The number of hydrogen-bond donors (Lipinski definition) is 1. The summed E-state index contributed by atoms with van der Waals surface area (Å²) in [5.74, 6) is -0.227. The van der Waals surface area contributed by atoms with E-state index in [0.29, 0.717) is 21.6 Å². The molecule has 1 aliphatic carbocycles. The molecule has 1 aliphatic rings. The Labute approximate surface area is 130 Å². The third-order valence-electron chi connectivity index (χ3n) is 4.58. The number of nitrogens with one attached hydrogen (secondary N) is 1. The summed E-state index contributed by atoms with van der Waals surface area (Å²) in [5, 5.41) is 0. The zero-order chi connectivity index (χ0) is 15.4. The molecule has 0 radical (unpaired) electrons. The Kier molecular flexibility index (Phi) is 3.28. The van der Waals surface area contributed by atoms with Gasteiger partial charge in [-0.05, 0) is 60.5 Å². The van der Waals surface area contributed by atoms with E-state index in [1.54, 1.807) is 0 Å². The van der Waals surface area contributed by atoms with Crippen molar-refractivity contribution in [2.45, 2.75) is 53.0 Å². The van der Waals surface area contributed by atoms with Gasteiger partial charge in [0.25, 0.3) is 0 Å². The first kappa shape index (κ1) is 14.8. The molecule has 1 N–H and O–H groups in total. The monoisotopic (exact) mass is 306 g/mol. The van der Waals surface area contributed by atoms with Crippen LogP contribution in [0.1, 0.15) is 53.0 Å². The summed E-state index contributed by atoms with van der Waals surface area (Å²) in [6.07, 6.45) is 3.44. The maximum Gasteiger partial charge on any atom is 0.178 e. The molecule has 0 amide bonds. The molecule has 0 spiro atoms. The van der Waals surface area contributed by atoms with Gasteiger partial charge >= 0.3 is 0 Å². The minimum absolute atomic E-state index is 0.227.